The van der Waals surface area contributed by atoms with Crippen LogP contribution in [0.5, 0.6) is 11.6 Å². The molecule has 1 aromatic heterocycles. The molecule has 3 amide bonds. The monoisotopic (exact) mass is 530 g/mol. The normalized spacial score (nSPS) is 13.5. The summed E-state index contributed by atoms with van der Waals surface area (Å²) in [6.07, 6.45) is -3.74. The Bertz CT molecular complexity index is 1350. The van der Waals surface area contributed by atoms with Gasteiger partial charge in [-0.3, -0.25) is 9.69 Å². The molecule has 13 heteroatoms. The van der Waals surface area contributed by atoms with Gasteiger partial charge in [0.2, 0.25) is 11.8 Å². The van der Waals surface area contributed by atoms with Gasteiger partial charge in [-0.25, -0.2) is 14.8 Å². The second-order valence-electron chi connectivity index (χ2n) is 8.64. The standard InChI is InChI=1S/C25H25F3N6O4/c1-14(35)12-29-20-5-3-17(10-19(20)25(26,27)28)33-24(37)34-8-7-16-9-18(4-6-21(16)34)38-23-11-22(30-13-31-23)32-15(2)36/h3-6,9-11,13-14,29,35H,7-8,12H2,1-2H3,(H,33,37)(H,30,31,32,36). The van der Waals surface area contributed by atoms with E-state index < -0.39 is 23.9 Å². The van der Waals surface area contributed by atoms with Gasteiger partial charge < -0.3 is 25.8 Å². The second kappa shape index (κ2) is 10.9. The highest BCUT2D eigenvalue weighted by Gasteiger charge is 2.34. The van der Waals surface area contributed by atoms with E-state index in [2.05, 4.69) is 25.9 Å². The molecular weight excluding hydrogens is 505 g/mol. The van der Waals surface area contributed by atoms with Crippen molar-refractivity contribution in [2.75, 3.05) is 33.9 Å². The Morgan fingerprint density at radius 1 is 1.13 bits per heavy atom. The van der Waals surface area contributed by atoms with Crippen LogP contribution in [0.2, 0.25) is 0 Å². The first kappa shape index (κ1) is 26.7. The predicted octanol–water partition coefficient (Wildman–Crippen LogP) is 4.63. The molecule has 38 heavy (non-hydrogen) atoms. The van der Waals surface area contributed by atoms with Crippen LogP contribution in [0.3, 0.4) is 0 Å². The van der Waals surface area contributed by atoms with Crippen molar-refractivity contribution in [1.82, 2.24) is 9.97 Å². The van der Waals surface area contributed by atoms with Crippen molar-refractivity contribution >= 4 is 34.8 Å². The molecule has 3 aromatic rings. The van der Waals surface area contributed by atoms with Gasteiger partial charge in [-0.05, 0) is 55.3 Å². The Morgan fingerprint density at radius 2 is 1.92 bits per heavy atom. The number of aromatic nitrogens is 2. The Morgan fingerprint density at radius 3 is 2.63 bits per heavy atom. The minimum absolute atomic E-state index is 0.0166. The zero-order valence-electron chi connectivity index (χ0n) is 20.5. The molecule has 4 rings (SSSR count). The van der Waals surface area contributed by atoms with Gasteiger partial charge in [0.25, 0.3) is 0 Å². The molecule has 0 saturated heterocycles. The van der Waals surface area contributed by atoms with Crippen LogP contribution in [0, 0.1) is 0 Å². The van der Waals surface area contributed by atoms with Crippen LogP contribution in [-0.4, -0.2) is 46.2 Å². The Labute approximate surface area is 215 Å². The third-order valence-corrected chi connectivity index (χ3v) is 5.52. The summed E-state index contributed by atoms with van der Waals surface area (Å²) in [6.45, 7) is 3.08. The number of urea groups is 1. The summed E-state index contributed by atoms with van der Waals surface area (Å²) in [5.41, 5.74) is 0.247. The number of fused-ring (bicyclic) bond motifs is 1. The average Bonchev–Trinajstić information content (AvgIpc) is 3.26. The molecular formula is C25H25F3N6O4. The lowest BCUT2D eigenvalue weighted by molar-refractivity contribution is -0.137. The summed E-state index contributed by atoms with van der Waals surface area (Å²) in [5, 5.41) is 17.0. The van der Waals surface area contributed by atoms with Gasteiger partial charge in [-0.15, -0.1) is 0 Å². The number of aliphatic hydroxyl groups excluding tert-OH is 1. The molecule has 2 heterocycles. The van der Waals surface area contributed by atoms with Crippen LogP contribution in [0.15, 0.2) is 48.8 Å². The van der Waals surface area contributed by atoms with Crippen molar-refractivity contribution in [3.63, 3.8) is 0 Å². The Hall–Kier alpha value is -4.39. The SMILES string of the molecule is CC(=O)Nc1cc(Oc2ccc3c(c2)CCN3C(=O)Nc2ccc(NCC(C)O)c(C(F)(F)F)c2)ncn1. The fourth-order valence-corrected chi connectivity index (χ4v) is 3.88. The number of hydrogen-bond donors (Lipinski definition) is 4. The molecule has 10 nitrogen and oxygen atoms in total. The first-order chi connectivity index (χ1) is 18.0. The molecule has 1 atom stereocenters. The van der Waals surface area contributed by atoms with Crippen molar-refractivity contribution in [1.29, 1.82) is 0 Å². The van der Waals surface area contributed by atoms with Crippen molar-refractivity contribution in [2.24, 2.45) is 0 Å². The molecule has 200 valence electrons. The largest absolute Gasteiger partial charge is 0.439 e. The van der Waals surface area contributed by atoms with Gasteiger partial charge in [0.15, 0.2) is 0 Å². The number of carbonyl (C=O) groups is 2. The highest BCUT2D eigenvalue weighted by atomic mass is 19.4. The summed E-state index contributed by atoms with van der Waals surface area (Å²) in [5.74, 6) is 0.660. The second-order valence-corrected chi connectivity index (χ2v) is 8.64. The highest BCUT2D eigenvalue weighted by molar-refractivity contribution is 6.03. The summed E-state index contributed by atoms with van der Waals surface area (Å²) in [4.78, 5) is 33.6. The maximum atomic E-state index is 13.6. The fourth-order valence-electron chi connectivity index (χ4n) is 3.88. The minimum Gasteiger partial charge on any atom is -0.439 e. The van der Waals surface area contributed by atoms with E-state index in [1.165, 1.54) is 43.3 Å². The van der Waals surface area contributed by atoms with Gasteiger partial charge in [-0.2, -0.15) is 13.2 Å². The van der Waals surface area contributed by atoms with E-state index in [1.54, 1.807) is 18.2 Å². The lowest BCUT2D eigenvalue weighted by atomic mass is 10.1. The van der Waals surface area contributed by atoms with Gasteiger partial charge in [0.1, 0.15) is 17.9 Å². The van der Waals surface area contributed by atoms with E-state index in [9.17, 15) is 27.9 Å². The molecule has 2 aromatic carbocycles. The molecule has 0 saturated carbocycles. The van der Waals surface area contributed by atoms with E-state index in [4.69, 9.17) is 4.74 Å². The average molecular weight is 531 g/mol. The Balaban J connectivity index is 1.47. The van der Waals surface area contributed by atoms with Crippen LogP contribution >= 0.6 is 0 Å². The predicted molar refractivity (Wildman–Crippen MR) is 135 cm³/mol. The van der Waals surface area contributed by atoms with Crippen molar-refractivity contribution in [3.05, 3.63) is 59.9 Å². The maximum Gasteiger partial charge on any atom is 0.418 e. The molecule has 0 fully saturated rings. The zero-order valence-corrected chi connectivity index (χ0v) is 20.5. The van der Waals surface area contributed by atoms with Crippen molar-refractivity contribution in [2.45, 2.75) is 32.5 Å². The van der Waals surface area contributed by atoms with Gasteiger partial charge >= 0.3 is 12.2 Å². The number of alkyl halides is 3. The van der Waals surface area contributed by atoms with Crippen LogP contribution < -0.4 is 25.6 Å². The fraction of sp³-hybridized carbons (Fsp3) is 0.280. The first-order valence-electron chi connectivity index (χ1n) is 11.6. The maximum absolute atomic E-state index is 13.6. The number of ether oxygens (including phenoxy) is 1. The number of anilines is 4. The van der Waals surface area contributed by atoms with Crippen LogP contribution in [0.4, 0.5) is 40.8 Å². The quantitative estimate of drug-likeness (QED) is 0.351. The van der Waals surface area contributed by atoms with E-state index in [0.29, 0.717) is 24.4 Å². The molecule has 0 bridgehead atoms. The number of carbonyl (C=O) groups excluding carboxylic acids is 2. The third-order valence-electron chi connectivity index (χ3n) is 5.52. The van der Waals surface area contributed by atoms with E-state index in [-0.39, 0.29) is 35.5 Å². The summed E-state index contributed by atoms with van der Waals surface area (Å²) in [6, 6.07) is 9.38. The van der Waals surface area contributed by atoms with E-state index >= 15 is 0 Å². The van der Waals surface area contributed by atoms with Crippen LogP contribution in [-0.2, 0) is 17.4 Å². The van der Waals surface area contributed by atoms with Gasteiger partial charge in [-0.1, -0.05) is 0 Å². The lowest BCUT2D eigenvalue weighted by Gasteiger charge is -2.20. The first-order valence-corrected chi connectivity index (χ1v) is 11.6. The van der Waals surface area contributed by atoms with E-state index in [1.807, 2.05) is 0 Å². The molecule has 1 aliphatic rings. The number of benzene rings is 2. The molecule has 1 unspecified atom stereocenters. The summed E-state index contributed by atoms with van der Waals surface area (Å²) in [7, 11) is 0. The molecule has 0 aliphatic carbocycles. The summed E-state index contributed by atoms with van der Waals surface area (Å²) < 4.78 is 46.5. The number of amides is 3. The highest BCUT2D eigenvalue weighted by Crippen LogP contribution is 2.37. The van der Waals surface area contributed by atoms with Crippen LogP contribution in [0.1, 0.15) is 25.0 Å². The number of rotatable bonds is 7. The number of nitrogens with zero attached hydrogens (tertiary/aromatic N) is 3. The molecule has 0 radical (unpaired) electrons. The number of halogens is 3. The van der Waals surface area contributed by atoms with Crippen molar-refractivity contribution < 1.29 is 32.6 Å². The molecule has 4 N–H and O–H groups in total. The smallest absolute Gasteiger partial charge is 0.418 e. The zero-order chi connectivity index (χ0) is 27.4. The van der Waals surface area contributed by atoms with Crippen molar-refractivity contribution in [3.8, 4) is 11.6 Å². The molecule has 1 aliphatic heterocycles. The number of nitrogens with one attached hydrogen (secondary N) is 3. The van der Waals surface area contributed by atoms with Crippen LogP contribution in [0.25, 0.3) is 0 Å². The summed E-state index contributed by atoms with van der Waals surface area (Å²) >= 11 is 0. The van der Waals surface area contributed by atoms with E-state index in [0.717, 1.165) is 11.6 Å². The third kappa shape index (κ3) is 6.48. The van der Waals surface area contributed by atoms with Gasteiger partial charge in [0, 0.05) is 43.1 Å². The topological polar surface area (TPSA) is 129 Å². The Kier molecular flexibility index (Phi) is 7.67. The molecule has 0 spiro atoms. The minimum atomic E-state index is -4.66. The van der Waals surface area contributed by atoms with Gasteiger partial charge in [0.05, 0.1) is 11.7 Å². The lowest BCUT2D eigenvalue weighted by Crippen LogP contribution is -2.33. The number of hydrogen-bond acceptors (Lipinski definition) is 7. The number of aliphatic hydroxyl groups is 1.